The van der Waals surface area contributed by atoms with Crippen LogP contribution in [0.5, 0.6) is 5.75 Å². The number of hydrogen-bond donors (Lipinski definition) is 0. The molecule has 2 saturated heterocycles. The highest BCUT2D eigenvalue weighted by atomic mass is 16.5. The van der Waals surface area contributed by atoms with E-state index in [1.54, 1.807) is 23.1 Å². The Morgan fingerprint density at radius 2 is 1.58 bits per heavy atom. The summed E-state index contributed by atoms with van der Waals surface area (Å²) < 4.78 is 5.68. The van der Waals surface area contributed by atoms with Crippen molar-refractivity contribution in [1.82, 2.24) is 0 Å². The van der Waals surface area contributed by atoms with Crippen LogP contribution in [0.25, 0.3) is 10.8 Å². The summed E-state index contributed by atoms with van der Waals surface area (Å²) in [6.45, 7) is 2.07. The monoisotopic (exact) mass is 508 g/mol. The number of fused-ring (bicyclic) bond motifs is 6. The average Bonchev–Trinajstić information content (AvgIpc) is 3.68. The van der Waals surface area contributed by atoms with E-state index in [2.05, 4.69) is 0 Å². The van der Waals surface area contributed by atoms with Gasteiger partial charge in [-0.2, -0.15) is 0 Å². The molecule has 7 rings (SSSR count). The lowest BCUT2D eigenvalue weighted by Gasteiger charge is -2.20. The molecule has 0 unspecified atom stereocenters. The minimum Gasteiger partial charge on any atom is -0.426 e. The topological polar surface area (TPSA) is 84.0 Å². The number of rotatable bonds is 4. The molecule has 0 aromatic heterocycles. The smallest absolute Gasteiger partial charge is 0.316 e. The van der Waals surface area contributed by atoms with Crippen molar-refractivity contribution in [3.63, 3.8) is 0 Å². The van der Waals surface area contributed by atoms with Crippen LogP contribution < -0.4 is 14.5 Å². The lowest BCUT2D eigenvalue weighted by atomic mass is 9.81. The zero-order chi connectivity index (χ0) is 26.1. The first kappa shape index (κ1) is 23.1. The quantitative estimate of drug-likeness (QED) is 0.291. The summed E-state index contributed by atoms with van der Waals surface area (Å²) in [5.74, 6) is -0.691. The molecule has 7 nitrogen and oxygen atoms in total. The van der Waals surface area contributed by atoms with Gasteiger partial charge in [0.1, 0.15) is 5.75 Å². The molecule has 4 fully saturated rings. The Labute approximate surface area is 220 Å². The van der Waals surface area contributed by atoms with E-state index in [4.69, 9.17) is 4.74 Å². The summed E-state index contributed by atoms with van der Waals surface area (Å²) >= 11 is 0. The normalized spacial score (nSPS) is 28.0. The Kier molecular flexibility index (Phi) is 5.18. The number of esters is 1. The molecule has 2 aliphatic heterocycles. The van der Waals surface area contributed by atoms with Crippen LogP contribution in [-0.2, 0) is 19.2 Å². The van der Waals surface area contributed by atoms with Crippen molar-refractivity contribution in [1.29, 1.82) is 0 Å². The first-order valence-electron chi connectivity index (χ1n) is 13.4. The number of aryl methyl sites for hydroxylation is 1. The van der Waals surface area contributed by atoms with Crippen molar-refractivity contribution >= 4 is 45.8 Å². The third-order valence-electron chi connectivity index (χ3n) is 9.07. The first-order chi connectivity index (χ1) is 18.4. The van der Waals surface area contributed by atoms with Crippen LogP contribution in [0.4, 0.5) is 11.4 Å². The molecule has 192 valence electrons. The van der Waals surface area contributed by atoms with Crippen molar-refractivity contribution in [2.75, 3.05) is 16.3 Å². The van der Waals surface area contributed by atoms with Crippen LogP contribution in [0.1, 0.15) is 31.2 Å². The van der Waals surface area contributed by atoms with E-state index in [0.717, 1.165) is 35.7 Å². The summed E-state index contributed by atoms with van der Waals surface area (Å²) in [4.78, 5) is 55.4. The number of ether oxygens (including phenoxy) is 1. The van der Waals surface area contributed by atoms with Gasteiger partial charge in [-0.15, -0.1) is 0 Å². The third-order valence-corrected chi connectivity index (χ3v) is 9.07. The molecular formula is C31H28N2O5. The molecule has 2 aliphatic carbocycles. The molecule has 5 atom stereocenters. The van der Waals surface area contributed by atoms with E-state index in [-0.39, 0.29) is 42.5 Å². The van der Waals surface area contributed by atoms with Crippen LogP contribution in [0.15, 0.2) is 60.7 Å². The second-order valence-corrected chi connectivity index (χ2v) is 11.2. The van der Waals surface area contributed by atoms with Crippen molar-refractivity contribution in [3.05, 3.63) is 66.2 Å². The Morgan fingerprint density at radius 3 is 2.32 bits per heavy atom. The van der Waals surface area contributed by atoms with Crippen molar-refractivity contribution in [2.45, 2.75) is 32.6 Å². The summed E-state index contributed by atoms with van der Waals surface area (Å²) in [5.41, 5.74) is 2.05. The van der Waals surface area contributed by atoms with Gasteiger partial charge in [0.15, 0.2) is 0 Å². The fraction of sp³-hybridized carbons (Fsp3) is 0.355. The van der Waals surface area contributed by atoms with Gasteiger partial charge in [-0.25, -0.2) is 4.90 Å². The number of carbonyl (C=O) groups is 4. The van der Waals surface area contributed by atoms with Gasteiger partial charge in [-0.1, -0.05) is 36.4 Å². The third kappa shape index (κ3) is 3.41. The van der Waals surface area contributed by atoms with Gasteiger partial charge in [0, 0.05) is 18.4 Å². The molecule has 3 aromatic rings. The molecule has 38 heavy (non-hydrogen) atoms. The second-order valence-electron chi connectivity index (χ2n) is 11.2. The van der Waals surface area contributed by atoms with E-state index in [1.165, 1.54) is 4.90 Å². The minimum atomic E-state index is -0.585. The van der Waals surface area contributed by atoms with Gasteiger partial charge in [0.2, 0.25) is 17.7 Å². The lowest BCUT2D eigenvalue weighted by molar-refractivity contribution is -0.139. The number of anilines is 2. The van der Waals surface area contributed by atoms with Gasteiger partial charge in [-0.05, 0) is 73.2 Å². The molecule has 2 heterocycles. The maximum atomic E-state index is 13.2. The van der Waals surface area contributed by atoms with E-state index >= 15 is 0 Å². The van der Waals surface area contributed by atoms with E-state index in [0.29, 0.717) is 28.8 Å². The van der Waals surface area contributed by atoms with Crippen LogP contribution >= 0.6 is 0 Å². The number of imide groups is 1. The Balaban J connectivity index is 1.07. The molecule has 3 amide bonds. The average molecular weight is 509 g/mol. The second kappa shape index (κ2) is 8.51. The number of benzene rings is 3. The summed E-state index contributed by atoms with van der Waals surface area (Å²) in [7, 11) is 0. The summed E-state index contributed by atoms with van der Waals surface area (Å²) in [6, 6.07) is 18.7. The van der Waals surface area contributed by atoms with Gasteiger partial charge >= 0.3 is 5.97 Å². The molecule has 2 bridgehead atoms. The predicted octanol–water partition coefficient (Wildman–Crippen LogP) is 4.64. The maximum Gasteiger partial charge on any atom is 0.316 e. The lowest BCUT2D eigenvalue weighted by Crippen LogP contribution is -2.33. The zero-order valence-corrected chi connectivity index (χ0v) is 21.1. The standard InChI is InChI=1S/C31H28N2O5/c1-17-13-22(11-12-24(17)33-29(35)27-19-9-10-20(14-19)28(27)30(33)36)38-31(37)21-15-26(34)32(16-21)25-8-4-6-18-5-2-3-7-23(18)25/h2-8,11-13,19-21,27-28H,9-10,14-16H2,1H3/t19-,20-,21-,27-,28+/m0/s1. The van der Waals surface area contributed by atoms with Gasteiger partial charge in [0.05, 0.1) is 29.1 Å². The highest BCUT2D eigenvalue weighted by Gasteiger charge is 2.61. The fourth-order valence-electron chi connectivity index (χ4n) is 7.33. The largest absolute Gasteiger partial charge is 0.426 e. The van der Waals surface area contributed by atoms with E-state index in [9.17, 15) is 19.2 Å². The number of hydrogen-bond acceptors (Lipinski definition) is 5. The maximum absolute atomic E-state index is 13.2. The van der Waals surface area contributed by atoms with Crippen molar-refractivity contribution < 1.29 is 23.9 Å². The minimum absolute atomic E-state index is 0.0843. The number of nitrogens with zero attached hydrogens (tertiary/aromatic N) is 2. The highest BCUT2D eigenvalue weighted by Crippen LogP contribution is 2.56. The summed E-state index contributed by atoms with van der Waals surface area (Å²) in [5, 5.41) is 2.00. The van der Waals surface area contributed by atoms with Crippen LogP contribution in [0.3, 0.4) is 0 Å². The predicted molar refractivity (Wildman–Crippen MR) is 142 cm³/mol. The number of carbonyl (C=O) groups excluding carboxylic acids is 4. The van der Waals surface area contributed by atoms with Crippen LogP contribution in [-0.4, -0.2) is 30.2 Å². The van der Waals surface area contributed by atoms with Crippen LogP contribution in [0, 0.1) is 36.5 Å². The molecule has 4 aliphatic rings. The van der Waals surface area contributed by atoms with Crippen molar-refractivity contribution in [2.24, 2.45) is 29.6 Å². The van der Waals surface area contributed by atoms with E-state index < -0.39 is 11.9 Å². The van der Waals surface area contributed by atoms with Gasteiger partial charge in [0.25, 0.3) is 0 Å². The Hall–Kier alpha value is -4.00. The fourth-order valence-corrected chi connectivity index (χ4v) is 7.33. The molecule has 7 heteroatoms. The Morgan fingerprint density at radius 1 is 0.868 bits per heavy atom. The Bertz CT molecular complexity index is 1500. The SMILES string of the molecule is Cc1cc(OC(=O)[C@H]2CC(=O)N(c3cccc4ccccc34)C2)ccc1N1C(=O)[C@@H]2[C@H]3CC[C@@H](C3)[C@@H]2C1=O. The highest BCUT2D eigenvalue weighted by molar-refractivity contribution is 6.23. The zero-order valence-electron chi connectivity index (χ0n) is 21.1. The molecule has 0 N–H and O–H groups in total. The van der Waals surface area contributed by atoms with Gasteiger partial charge < -0.3 is 9.64 Å². The summed E-state index contributed by atoms with van der Waals surface area (Å²) in [6.07, 6.45) is 3.15. The van der Waals surface area contributed by atoms with E-state index in [1.807, 2.05) is 49.4 Å². The van der Waals surface area contributed by atoms with Gasteiger partial charge in [-0.3, -0.25) is 19.2 Å². The molecular weight excluding hydrogens is 480 g/mol. The molecule has 0 spiro atoms. The number of amides is 3. The van der Waals surface area contributed by atoms with Crippen molar-refractivity contribution in [3.8, 4) is 5.75 Å². The molecule has 2 saturated carbocycles. The molecule has 3 aromatic carbocycles. The first-order valence-corrected chi connectivity index (χ1v) is 13.4. The molecule has 0 radical (unpaired) electrons. The van der Waals surface area contributed by atoms with Crippen LogP contribution in [0.2, 0.25) is 0 Å².